The van der Waals surface area contributed by atoms with Gasteiger partial charge in [0.25, 0.3) is 0 Å². The molecule has 1 saturated carbocycles. The first-order valence-electron chi connectivity index (χ1n) is 5.16. The third kappa shape index (κ3) is 1.37. The van der Waals surface area contributed by atoms with Crippen molar-refractivity contribution in [2.75, 3.05) is 0 Å². The minimum Gasteiger partial charge on any atom is -0.292 e. The molecule has 0 atom stereocenters. The Morgan fingerprint density at radius 1 is 1.50 bits per heavy atom. The molecule has 0 radical (unpaired) electrons. The van der Waals surface area contributed by atoms with Crippen LogP contribution >= 0.6 is 0 Å². The summed E-state index contributed by atoms with van der Waals surface area (Å²) in [4.78, 5) is 12.2. The van der Waals surface area contributed by atoms with Gasteiger partial charge in [0.2, 0.25) is 0 Å². The zero-order valence-electron chi connectivity index (χ0n) is 8.79. The van der Waals surface area contributed by atoms with Gasteiger partial charge in [-0.2, -0.15) is 5.10 Å². The summed E-state index contributed by atoms with van der Waals surface area (Å²) < 4.78 is 1.67. The second-order valence-corrected chi connectivity index (χ2v) is 4.44. The number of aromatic nitrogens is 2. The van der Waals surface area contributed by atoms with Crippen LogP contribution in [-0.2, 0) is 7.05 Å². The largest absolute Gasteiger partial charge is 0.292 e. The number of aryl methyl sites for hydroxylation is 1. The first kappa shape index (κ1) is 9.44. The highest BCUT2D eigenvalue weighted by atomic mass is 16.1. The van der Waals surface area contributed by atoms with E-state index in [2.05, 4.69) is 12.0 Å². The van der Waals surface area contributed by atoms with E-state index in [0.29, 0.717) is 0 Å². The van der Waals surface area contributed by atoms with E-state index in [1.165, 1.54) is 12.8 Å². The molecule has 76 valence electrons. The first-order chi connectivity index (χ1) is 6.63. The highest BCUT2D eigenvalue weighted by molar-refractivity contribution is 5.98. The molecular formula is C11H16N2O. The monoisotopic (exact) mass is 192 g/mol. The Labute approximate surface area is 84.1 Å². The lowest BCUT2D eigenvalue weighted by molar-refractivity contribution is 0.0813. The molecule has 1 aromatic rings. The summed E-state index contributed by atoms with van der Waals surface area (Å²) in [5.41, 5.74) is 0.614. The van der Waals surface area contributed by atoms with Crippen molar-refractivity contribution in [1.29, 1.82) is 0 Å². The Balaban J connectivity index is 2.28. The molecule has 0 amide bonds. The number of nitrogens with zero attached hydrogens (tertiary/aromatic N) is 2. The third-order valence-corrected chi connectivity index (χ3v) is 3.31. The predicted molar refractivity (Wildman–Crippen MR) is 54.1 cm³/mol. The van der Waals surface area contributed by atoms with Gasteiger partial charge in [-0.25, -0.2) is 0 Å². The minimum atomic E-state index is -0.131. The Hall–Kier alpha value is -1.12. The highest BCUT2D eigenvalue weighted by Crippen LogP contribution is 2.40. The highest BCUT2D eigenvalue weighted by Gasteiger charge is 2.37. The second kappa shape index (κ2) is 3.23. The van der Waals surface area contributed by atoms with Crippen molar-refractivity contribution in [2.24, 2.45) is 12.5 Å². The summed E-state index contributed by atoms with van der Waals surface area (Å²) in [5.74, 6) is 0.259. The normalized spacial score (nSPS) is 19.9. The molecule has 0 N–H and O–H groups in total. The topological polar surface area (TPSA) is 34.9 Å². The molecule has 3 nitrogen and oxygen atoms in total. The standard InChI is InChI=1S/C11H16N2O/c1-11(6-3-4-7-11)10(14)9-5-8-12-13(9)2/h5,8H,3-4,6-7H2,1-2H3. The van der Waals surface area contributed by atoms with Gasteiger partial charge in [0, 0.05) is 18.7 Å². The van der Waals surface area contributed by atoms with Crippen LogP contribution in [0, 0.1) is 5.41 Å². The molecule has 0 aromatic carbocycles. The molecular weight excluding hydrogens is 176 g/mol. The molecule has 0 unspecified atom stereocenters. The zero-order valence-corrected chi connectivity index (χ0v) is 8.79. The van der Waals surface area contributed by atoms with Gasteiger partial charge >= 0.3 is 0 Å². The molecule has 0 saturated heterocycles. The molecule has 0 spiro atoms. The average Bonchev–Trinajstić information content (AvgIpc) is 2.74. The van der Waals surface area contributed by atoms with Crippen LogP contribution in [0.1, 0.15) is 43.1 Å². The number of ketones is 1. The molecule has 0 aliphatic heterocycles. The van der Waals surface area contributed by atoms with Gasteiger partial charge < -0.3 is 0 Å². The number of hydrogen-bond acceptors (Lipinski definition) is 2. The van der Waals surface area contributed by atoms with Crippen molar-refractivity contribution in [1.82, 2.24) is 9.78 Å². The number of carbonyl (C=O) groups is 1. The quantitative estimate of drug-likeness (QED) is 0.673. The van der Waals surface area contributed by atoms with Gasteiger partial charge in [-0.3, -0.25) is 9.48 Å². The SMILES string of the molecule is Cn1nccc1C(=O)C1(C)CCCC1. The lowest BCUT2D eigenvalue weighted by Gasteiger charge is -2.21. The number of hydrogen-bond donors (Lipinski definition) is 0. The van der Waals surface area contributed by atoms with Crippen molar-refractivity contribution in [3.63, 3.8) is 0 Å². The van der Waals surface area contributed by atoms with Crippen molar-refractivity contribution in [3.8, 4) is 0 Å². The molecule has 1 aliphatic rings. The fraction of sp³-hybridized carbons (Fsp3) is 0.636. The summed E-state index contributed by atoms with van der Waals surface area (Å²) in [6, 6.07) is 1.81. The van der Waals surface area contributed by atoms with Gasteiger partial charge in [-0.05, 0) is 18.9 Å². The van der Waals surface area contributed by atoms with Crippen LogP contribution in [0.3, 0.4) is 0 Å². The lowest BCUT2D eigenvalue weighted by atomic mass is 9.82. The molecule has 1 heterocycles. The van der Waals surface area contributed by atoms with Gasteiger partial charge in [-0.15, -0.1) is 0 Å². The van der Waals surface area contributed by atoms with Gasteiger partial charge in [0.15, 0.2) is 5.78 Å². The summed E-state index contributed by atoms with van der Waals surface area (Å²) in [6.45, 7) is 2.08. The number of rotatable bonds is 2. The maximum absolute atomic E-state index is 12.2. The van der Waals surface area contributed by atoms with E-state index in [-0.39, 0.29) is 11.2 Å². The summed E-state index contributed by atoms with van der Waals surface area (Å²) in [6.07, 6.45) is 6.10. The van der Waals surface area contributed by atoms with Crippen LogP contribution < -0.4 is 0 Å². The molecule has 0 bridgehead atoms. The van der Waals surface area contributed by atoms with Crippen molar-refractivity contribution in [2.45, 2.75) is 32.6 Å². The summed E-state index contributed by atoms with van der Waals surface area (Å²) in [7, 11) is 1.82. The molecule has 1 aliphatic carbocycles. The Kier molecular flexibility index (Phi) is 2.17. The fourth-order valence-electron chi connectivity index (χ4n) is 2.29. The van der Waals surface area contributed by atoms with Crippen LogP contribution in [0.15, 0.2) is 12.3 Å². The zero-order chi connectivity index (χ0) is 10.2. The molecule has 1 aromatic heterocycles. The van der Waals surface area contributed by atoms with E-state index in [4.69, 9.17) is 0 Å². The summed E-state index contributed by atoms with van der Waals surface area (Å²) >= 11 is 0. The van der Waals surface area contributed by atoms with E-state index in [1.54, 1.807) is 10.9 Å². The smallest absolute Gasteiger partial charge is 0.186 e. The maximum Gasteiger partial charge on any atom is 0.186 e. The molecule has 14 heavy (non-hydrogen) atoms. The van der Waals surface area contributed by atoms with E-state index < -0.39 is 0 Å². The molecule has 3 heteroatoms. The summed E-state index contributed by atoms with van der Waals surface area (Å²) in [5, 5.41) is 4.04. The predicted octanol–water partition coefficient (Wildman–Crippen LogP) is 2.18. The first-order valence-corrected chi connectivity index (χ1v) is 5.16. The van der Waals surface area contributed by atoms with E-state index in [0.717, 1.165) is 18.5 Å². The van der Waals surface area contributed by atoms with Gasteiger partial charge in [-0.1, -0.05) is 19.8 Å². The van der Waals surface area contributed by atoms with Crippen LogP contribution in [-0.4, -0.2) is 15.6 Å². The molecule has 1 fully saturated rings. The van der Waals surface area contributed by atoms with Crippen LogP contribution in [0.5, 0.6) is 0 Å². The van der Waals surface area contributed by atoms with Crippen LogP contribution in [0.25, 0.3) is 0 Å². The van der Waals surface area contributed by atoms with Crippen LogP contribution in [0.4, 0.5) is 0 Å². The van der Waals surface area contributed by atoms with E-state index >= 15 is 0 Å². The second-order valence-electron chi connectivity index (χ2n) is 4.44. The fourth-order valence-corrected chi connectivity index (χ4v) is 2.29. The van der Waals surface area contributed by atoms with E-state index in [1.807, 2.05) is 13.1 Å². The van der Waals surface area contributed by atoms with Gasteiger partial charge in [0.1, 0.15) is 5.69 Å². The number of Topliss-reactive ketones (excluding diaryl/α,β-unsaturated/α-hetero) is 1. The maximum atomic E-state index is 12.2. The third-order valence-electron chi connectivity index (χ3n) is 3.31. The van der Waals surface area contributed by atoms with Crippen molar-refractivity contribution >= 4 is 5.78 Å². The van der Waals surface area contributed by atoms with E-state index in [9.17, 15) is 4.79 Å². The molecule has 2 rings (SSSR count). The van der Waals surface area contributed by atoms with Crippen LogP contribution in [0.2, 0.25) is 0 Å². The lowest BCUT2D eigenvalue weighted by Crippen LogP contribution is -2.26. The Morgan fingerprint density at radius 3 is 2.64 bits per heavy atom. The van der Waals surface area contributed by atoms with Gasteiger partial charge in [0.05, 0.1) is 0 Å². The Morgan fingerprint density at radius 2 is 2.14 bits per heavy atom. The average molecular weight is 192 g/mol. The number of carbonyl (C=O) groups excluding carboxylic acids is 1. The van der Waals surface area contributed by atoms with Crippen molar-refractivity contribution < 1.29 is 4.79 Å². The minimum absolute atomic E-state index is 0.131. The Bertz CT molecular complexity index is 348. The van der Waals surface area contributed by atoms with Crippen molar-refractivity contribution in [3.05, 3.63) is 18.0 Å².